The van der Waals surface area contributed by atoms with E-state index in [0.29, 0.717) is 0 Å². The van der Waals surface area contributed by atoms with Gasteiger partial charge >= 0.3 is 0 Å². The average molecular weight is 691 g/mol. The van der Waals surface area contributed by atoms with Crippen LogP contribution in [0.1, 0.15) is 108 Å². The maximum atomic E-state index is 5.61. The van der Waals surface area contributed by atoms with Crippen molar-refractivity contribution in [3.8, 4) is 22.6 Å². The highest BCUT2D eigenvalue weighted by Gasteiger charge is 2.54. The van der Waals surface area contributed by atoms with Crippen LogP contribution in [-0.4, -0.2) is 9.78 Å². The van der Waals surface area contributed by atoms with Crippen molar-refractivity contribution >= 4 is 42.4 Å². The molecule has 2 unspecified atom stereocenters. The number of fused-ring (bicyclic) bond motifs is 12. The van der Waals surface area contributed by atoms with E-state index in [1.165, 1.54) is 83.3 Å². The standard InChI is InChI=1S/C46H50N4S/c1-8-11-17-30-18-16-22-39-41(30)33-24-23-32-42(44(33)51-39)37-26-29(4)31-19-12-13-20-34(31)49(37)43(32)38-28-46(9-2,10-3)48-25-15-14-21-35(48)36-27-40(45(5,6)7)47-50(36)38/h12-16,18-27,38,43H,8-11,17,28H2,1-7H3/q+2. The van der Waals surface area contributed by atoms with Gasteiger partial charge in [0.2, 0.25) is 22.9 Å². The third-order valence-electron chi connectivity index (χ3n) is 12.4. The highest BCUT2D eigenvalue weighted by Crippen LogP contribution is 2.52. The quantitative estimate of drug-likeness (QED) is 0.160. The highest BCUT2D eigenvalue weighted by molar-refractivity contribution is 7.26. The minimum atomic E-state index is -0.0723. The number of thiophene rings is 1. The van der Waals surface area contributed by atoms with Gasteiger partial charge in [0, 0.05) is 80.1 Å². The van der Waals surface area contributed by atoms with E-state index in [1.54, 1.807) is 0 Å². The monoisotopic (exact) mass is 690 g/mol. The molecule has 0 spiro atoms. The van der Waals surface area contributed by atoms with Crippen molar-refractivity contribution in [3.63, 3.8) is 0 Å². The molecule has 3 aromatic carbocycles. The van der Waals surface area contributed by atoms with Crippen LogP contribution < -0.4 is 9.13 Å². The van der Waals surface area contributed by atoms with Crippen LogP contribution in [0.15, 0.2) is 91.1 Å². The van der Waals surface area contributed by atoms with E-state index >= 15 is 0 Å². The third kappa shape index (κ3) is 4.73. The number of aryl methyl sites for hydroxylation is 2. The summed E-state index contributed by atoms with van der Waals surface area (Å²) in [5.74, 6) is 0. The van der Waals surface area contributed by atoms with E-state index in [2.05, 4.69) is 153 Å². The molecule has 0 N–H and O–H groups in total. The Bertz CT molecular complexity index is 2490. The van der Waals surface area contributed by atoms with Gasteiger partial charge in [-0.3, -0.25) is 0 Å². The van der Waals surface area contributed by atoms with E-state index < -0.39 is 0 Å². The number of nitrogens with zero attached hydrogens (tertiary/aromatic N) is 4. The normalized spacial score (nSPS) is 17.8. The SMILES string of the molecule is CCCCc1cccc2sc3c4c(ccc3c12)C(C1CC(CC)(CC)[n+]2ccccc2-c2cc(C(C)(C)C)nn21)[n+]1c-4cc(C)c2ccccc21. The van der Waals surface area contributed by atoms with Crippen molar-refractivity contribution in [2.24, 2.45) is 0 Å². The van der Waals surface area contributed by atoms with Gasteiger partial charge in [-0.05, 0) is 55.2 Å². The van der Waals surface area contributed by atoms with Gasteiger partial charge in [-0.2, -0.15) is 14.2 Å². The highest BCUT2D eigenvalue weighted by atomic mass is 32.1. The van der Waals surface area contributed by atoms with Crippen LogP contribution >= 0.6 is 11.3 Å². The van der Waals surface area contributed by atoms with Gasteiger partial charge < -0.3 is 0 Å². The average Bonchev–Trinajstić information content (AvgIpc) is 3.83. The van der Waals surface area contributed by atoms with E-state index in [9.17, 15) is 0 Å². The third-order valence-corrected chi connectivity index (χ3v) is 13.5. The van der Waals surface area contributed by atoms with Crippen molar-refractivity contribution in [2.75, 3.05) is 0 Å². The lowest BCUT2D eigenvalue weighted by Crippen LogP contribution is -2.57. The molecular weight excluding hydrogens is 641 g/mol. The lowest BCUT2D eigenvalue weighted by atomic mass is 9.81. The van der Waals surface area contributed by atoms with Crippen LogP contribution in [0.25, 0.3) is 53.7 Å². The maximum absolute atomic E-state index is 5.61. The molecule has 0 amide bonds. The van der Waals surface area contributed by atoms with Crippen LogP contribution in [0.2, 0.25) is 0 Å². The zero-order valence-corrected chi connectivity index (χ0v) is 32.1. The lowest BCUT2D eigenvalue weighted by Gasteiger charge is -2.30. The Kier molecular flexibility index (Phi) is 7.56. The summed E-state index contributed by atoms with van der Waals surface area (Å²) in [6.07, 6.45) is 8.99. The van der Waals surface area contributed by atoms with E-state index in [4.69, 9.17) is 5.10 Å². The Balaban J connectivity index is 1.39. The van der Waals surface area contributed by atoms with Gasteiger partial charge in [-0.25, -0.2) is 4.68 Å². The molecule has 2 aliphatic heterocycles. The molecule has 2 atom stereocenters. The largest absolute Gasteiger partial charge is 0.248 e. The molecule has 51 heavy (non-hydrogen) atoms. The molecule has 258 valence electrons. The Morgan fingerprint density at radius 3 is 2.47 bits per heavy atom. The predicted octanol–water partition coefficient (Wildman–Crippen LogP) is 11.3. The molecule has 9 rings (SSSR count). The fourth-order valence-electron chi connectivity index (χ4n) is 9.54. The van der Waals surface area contributed by atoms with Crippen LogP contribution in [0.4, 0.5) is 0 Å². The second-order valence-electron chi connectivity index (χ2n) is 16.2. The van der Waals surface area contributed by atoms with Crippen molar-refractivity contribution in [2.45, 2.75) is 110 Å². The Hall–Kier alpha value is -4.35. The smallest absolute Gasteiger partial charge is 0.231 e. The minimum Gasteiger partial charge on any atom is -0.248 e. The summed E-state index contributed by atoms with van der Waals surface area (Å²) >= 11 is 1.99. The van der Waals surface area contributed by atoms with Gasteiger partial charge in [-0.15, -0.1) is 11.3 Å². The number of unbranched alkanes of at least 4 members (excludes halogenated alkanes) is 1. The Morgan fingerprint density at radius 1 is 0.882 bits per heavy atom. The molecule has 0 bridgehead atoms. The topological polar surface area (TPSA) is 25.6 Å². The number of rotatable bonds is 6. The predicted molar refractivity (Wildman–Crippen MR) is 213 cm³/mol. The number of hydrogen-bond acceptors (Lipinski definition) is 2. The van der Waals surface area contributed by atoms with Crippen molar-refractivity contribution < 1.29 is 9.13 Å². The number of benzene rings is 3. The molecule has 2 aliphatic rings. The first-order valence-electron chi connectivity index (χ1n) is 19.2. The fraction of sp³-hybridized carbons (Fsp3) is 0.370. The first-order chi connectivity index (χ1) is 24.7. The molecule has 4 aromatic heterocycles. The summed E-state index contributed by atoms with van der Waals surface area (Å²) in [7, 11) is 0. The lowest BCUT2D eigenvalue weighted by molar-refractivity contribution is -0.759. The number of hydrogen-bond donors (Lipinski definition) is 0. The number of pyridine rings is 2. The summed E-state index contributed by atoms with van der Waals surface area (Å²) in [6.45, 7) is 16.3. The van der Waals surface area contributed by atoms with E-state index in [1.807, 2.05) is 11.3 Å². The van der Waals surface area contributed by atoms with Gasteiger partial charge in [0.25, 0.3) is 0 Å². The van der Waals surface area contributed by atoms with Crippen molar-refractivity contribution in [1.29, 1.82) is 0 Å². The number of para-hydroxylation sites is 1. The summed E-state index contributed by atoms with van der Waals surface area (Å²) < 4.78 is 10.6. The fourth-order valence-corrected chi connectivity index (χ4v) is 10.9. The Labute approximate surface area is 306 Å². The second-order valence-corrected chi connectivity index (χ2v) is 17.3. The molecule has 5 heteroatoms. The van der Waals surface area contributed by atoms with Crippen molar-refractivity contribution in [3.05, 3.63) is 114 Å². The van der Waals surface area contributed by atoms with Crippen LogP contribution in [-0.2, 0) is 17.4 Å². The molecule has 6 heterocycles. The zero-order valence-electron chi connectivity index (χ0n) is 31.3. The van der Waals surface area contributed by atoms with Crippen LogP contribution in [0.5, 0.6) is 0 Å². The van der Waals surface area contributed by atoms with Crippen molar-refractivity contribution in [1.82, 2.24) is 9.78 Å². The molecule has 7 aromatic rings. The molecule has 4 nitrogen and oxygen atoms in total. The number of aromatic nitrogens is 4. The first kappa shape index (κ1) is 32.6. The van der Waals surface area contributed by atoms with Gasteiger partial charge in [-0.1, -0.05) is 84.4 Å². The van der Waals surface area contributed by atoms with E-state index in [0.717, 1.165) is 31.4 Å². The summed E-state index contributed by atoms with van der Waals surface area (Å²) in [6, 6.07) is 32.8. The maximum Gasteiger partial charge on any atom is 0.231 e. The van der Waals surface area contributed by atoms with Crippen LogP contribution in [0.3, 0.4) is 0 Å². The van der Waals surface area contributed by atoms with E-state index in [-0.39, 0.29) is 23.0 Å². The summed E-state index contributed by atoms with van der Waals surface area (Å²) in [5.41, 5.74) is 11.8. The molecule has 0 fully saturated rings. The molecule has 0 radical (unpaired) electrons. The van der Waals surface area contributed by atoms with Gasteiger partial charge in [0.1, 0.15) is 11.7 Å². The Morgan fingerprint density at radius 2 is 1.69 bits per heavy atom. The molecule has 0 saturated heterocycles. The van der Waals surface area contributed by atoms with Gasteiger partial charge in [0.05, 0.1) is 11.3 Å². The summed E-state index contributed by atoms with van der Waals surface area (Å²) in [4.78, 5) is 0. The molecule has 0 aliphatic carbocycles. The first-order valence-corrected chi connectivity index (χ1v) is 20.0. The molecular formula is C46H50N4S+2. The molecule has 0 saturated carbocycles. The zero-order chi connectivity index (χ0) is 35.2. The van der Waals surface area contributed by atoms with Gasteiger partial charge in [0.15, 0.2) is 11.7 Å². The summed E-state index contributed by atoms with van der Waals surface area (Å²) in [5, 5.41) is 9.81. The minimum absolute atomic E-state index is 0.0519. The van der Waals surface area contributed by atoms with Crippen LogP contribution in [0, 0.1) is 6.92 Å². The second kappa shape index (κ2) is 11.8.